The van der Waals surface area contributed by atoms with E-state index in [1.54, 1.807) is 11.0 Å². The standard InChI is InChI=1S/C35H57FN6O3/c1-8-29(44-9-2)24-42(34(43)32(37)20-25-10-13-30(14-11-25)45-35(3,4)5)21-26-12-15-31(36)33(38-26)41-22-28(23-41)40-18-16-27(17-19-40)39(6)7/h10,12-15,25,27-29,32H,8-9,11,16-24,37H2,1-7H3/t25?,29?,32-/m0/s1. The van der Waals surface area contributed by atoms with Gasteiger partial charge in [0.1, 0.15) is 11.4 Å². The van der Waals surface area contributed by atoms with Gasteiger partial charge in [-0.25, -0.2) is 9.37 Å². The number of carbonyl (C=O) groups is 1. The molecule has 252 valence electrons. The van der Waals surface area contributed by atoms with Gasteiger partial charge in [0, 0.05) is 51.4 Å². The van der Waals surface area contributed by atoms with E-state index in [-0.39, 0.29) is 35.9 Å². The molecule has 0 aromatic carbocycles. The predicted molar refractivity (Wildman–Crippen MR) is 178 cm³/mol. The maximum absolute atomic E-state index is 15.1. The normalized spacial score (nSPS) is 21.4. The molecule has 2 fully saturated rings. The molecule has 1 amide bonds. The number of piperidine rings is 1. The van der Waals surface area contributed by atoms with Crippen LogP contribution in [0.5, 0.6) is 0 Å². The van der Waals surface area contributed by atoms with Crippen molar-refractivity contribution in [3.63, 3.8) is 0 Å². The zero-order valence-corrected chi connectivity index (χ0v) is 28.7. The molecule has 45 heavy (non-hydrogen) atoms. The first-order chi connectivity index (χ1) is 21.4. The van der Waals surface area contributed by atoms with E-state index < -0.39 is 6.04 Å². The van der Waals surface area contributed by atoms with Gasteiger partial charge in [-0.05, 0) is 104 Å². The Bertz CT molecular complexity index is 1170. The third-order valence-corrected chi connectivity index (χ3v) is 9.19. The summed E-state index contributed by atoms with van der Waals surface area (Å²) in [6.07, 6.45) is 10.4. The highest BCUT2D eigenvalue weighted by molar-refractivity contribution is 5.81. The van der Waals surface area contributed by atoms with Crippen LogP contribution >= 0.6 is 0 Å². The maximum atomic E-state index is 15.1. The van der Waals surface area contributed by atoms with Crippen LogP contribution in [0.1, 0.15) is 72.4 Å². The molecule has 0 saturated carbocycles. The molecule has 1 aliphatic carbocycles. The molecule has 0 bridgehead atoms. The van der Waals surface area contributed by atoms with Gasteiger partial charge in [-0.2, -0.15) is 0 Å². The van der Waals surface area contributed by atoms with Crippen molar-refractivity contribution in [1.29, 1.82) is 0 Å². The summed E-state index contributed by atoms with van der Waals surface area (Å²) in [6, 6.07) is 3.54. The number of ether oxygens (including phenoxy) is 2. The van der Waals surface area contributed by atoms with Crippen molar-refractivity contribution in [3.05, 3.63) is 47.6 Å². The third kappa shape index (κ3) is 9.98. The summed E-state index contributed by atoms with van der Waals surface area (Å²) in [5, 5.41) is 0. The summed E-state index contributed by atoms with van der Waals surface area (Å²) in [5.74, 6) is 0.901. The van der Waals surface area contributed by atoms with Crippen LogP contribution in [0.25, 0.3) is 0 Å². The number of carbonyl (C=O) groups excluding carboxylic acids is 1. The fourth-order valence-electron chi connectivity index (χ4n) is 6.53. The average Bonchev–Trinajstić information content (AvgIpc) is 2.97. The lowest BCUT2D eigenvalue weighted by atomic mass is 9.92. The van der Waals surface area contributed by atoms with E-state index in [9.17, 15) is 4.79 Å². The number of pyridine rings is 1. The van der Waals surface area contributed by atoms with E-state index in [4.69, 9.17) is 20.2 Å². The summed E-state index contributed by atoms with van der Waals surface area (Å²) in [6.45, 7) is 15.0. The van der Waals surface area contributed by atoms with E-state index in [2.05, 4.69) is 43.0 Å². The van der Waals surface area contributed by atoms with Crippen LogP contribution in [0.3, 0.4) is 0 Å². The van der Waals surface area contributed by atoms with Crippen molar-refractivity contribution in [2.45, 2.75) is 103 Å². The summed E-state index contributed by atoms with van der Waals surface area (Å²) in [4.78, 5) is 27.2. The van der Waals surface area contributed by atoms with Gasteiger partial charge < -0.3 is 29.9 Å². The number of rotatable bonds is 14. The second-order valence-electron chi connectivity index (χ2n) is 14.1. The minimum absolute atomic E-state index is 0.117. The summed E-state index contributed by atoms with van der Waals surface area (Å²) < 4.78 is 26.9. The lowest BCUT2D eigenvalue weighted by Crippen LogP contribution is -2.62. The molecule has 1 aromatic rings. The monoisotopic (exact) mass is 628 g/mol. The van der Waals surface area contributed by atoms with Crippen LogP contribution in [0.15, 0.2) is 36.1 Å². The van der Waals surface area contributed by atoms with Crippen molar-refractivity contribution in [2.24, 2.45) is 11.7 Å². The SMILES string of the molecule is CCOC(CC)CN(Cc1ccc(F)c(N2CC(N3CCC(N(C)C)CC3)C2)n1)C(=O)[C@@H](N)CC1C=CC(OC(C)(C)C)=CC1. The van der Waals surface area contributed by atoms with Gasteiger partial charge >= 0.3 is 0 Å². The van der Waals surface area contributed by atoms with Crippen molar-refractivity contribution >= 4 is 11.7 Å². The lowest BCUT2D eigenvalue weighted by molar-refractivity contribution is -0.135. The van der Waals surface area contributed by atoms with Gasteiger partial charge in [0.25, 0.3) is 0 Å². The van der Waals surface area contributed by atoms with E-state index in [0.717, 1.165) is 44.8 Å². The second kappa shape index (κ2) is 15.8. The number of halogens is 1. The smallest absolute Gasteiger partial charge is 0.239 e. The molecule has 2 saturated heterocycles. The summed E-state index contributed by atoms with van der Waals surface area (Å²) in [7, 11) is 4.30. The Morgan fingerprint density at radius 2 is 1.89 bits per heavy atom. The van der Waals surface area contributed by atoms with Gasteiger partial charge in [0.15, 0.2) is 11.6 Å². The first-order valence-corrected chi connectivity index (χ1v) is 16.9. The minimum atomic E-state index is -0.676. The van der Waals surface area contributed by atoms with Crippen molar-refractivity contribution in [1.82, 2.24) is 19.7 Å². The Kier molecular flexibility index (Phi) is 12.4. The van der Waals surface area contributed by atoms with E-state index in [0.29, 0.717) is 43.2 Å². The van der Waals surface area contributed by atoms with Crippen LogP contribution in [0.2, 0.25) is 0 Å². The van der Waals surface area contributed by atoms with Crippen LogP contribution < -0.4 is 10.6 Å². The second-order valence-corrected chi connectivity index (χ2v) is 14.1. The highest BCUT2D eigenvalue weighted by Gasteiger charge is 2.36. The number of hydrogen-bond acceptors (Lipinski definition) is 8. The number of amides is 1. The molecule has 4 rings (SSSR count). The van der Waals surface area contributed by atoms with Crippen molar-refractivity contribution in [2.75, 3.05) is 58.3 Å². The number of hydrogen-bond donors (Lipinski definition) is 1. The Morgan fingerprint density at radius 3 is 2.47 bits per heavy atom. The molecule has 0 radical (unpaired) electrons. The Morgan fingerprint density at radius 1 is 1.18 bits per heavy atom. The average molecular weight is 629 g/mol. The molecule has 3 aliphatic rings. The first-order valence-electron chi connectivity index (χ1n) is 16.9. The number of likely N-dealkylation sites (tertiary alicyclic amines) is 1. The maximum Gasteiger partial charge on any atom is 0.239 e. The Hall–Kier alpha value is -2.53. The molecule has 0 spiro atoms. The molecule has 10 heteroatoms. The van der Waals surface area contributed by atoms with E-state index in [1.165, 1.54) is 18.9 Å². The van der Waals surface area contributed by atoms with Crippen LogP contribution in [0.4, 0.5) is 10.2 Å². The molecule has 2 unspecified atom stereocenters. The molecular weight excluding hydrogens is 571 g/mol. The highest BCUT2D eigenvalue weighted by Crippen LogP contribution is 2.28. The fraction of sp³-hybridized carbons (Fsp3) is 0.714. The molecule has 3 heterocycles. The Balaban J connectivity index is 1.39. The Labute approximate surface area is 270 Å². The lowest BCUT2D eigenvalue weighted by Gasteiger charge is -2.48. The zero-order chi connectivity index (χ0) is 32.7. The van der Waals surface area contributed by atoms with Gasteiger partial charge in [0.2, 0.25) is 5.91 Å². The molecule has 9 nitrogen and oxygen atoms in total. The number of aromatic nitrogens is 1. The van der Waals surface area contributed by atoms with Gasteiger partial charge in [-0.3, -0.25) is 9.69 Å². The first kappa shape index (κ1) is 35.3. The van der Waals surface area contributed by atoms with Gasteiger partial charge in [-0.1, -0.05) is 13.0 Å². The summed E-state index contributed by atoms with van der Waals surface area (Å²) >= 11 is 0. The number of allylic oxidation sites excluding steroid dienone is 3. The van der Waals surface area contributed by atoms with E-state index >= 15 is 4.39 Å². The molecule has 2 N–H and O–H groups in total. The van der Waals surface area contributed by atoms with Crippen LogP contribution in [0, 0.1) is 11.7 Å². The largest absolute Gasteiger partial charge is 0.489 e. The molecular formula is C35H57FN6O3. The van der Waals surface area contributed by atoms with Gasteiger partial charge in [0.05, 0.1) is 24.4 Å². The van der Waals surface area contributed by atoms with Crippen LogP contribution in [-0.2, 0) is 20.8 Å². The number of nitrogens with two attached hydrogens (primary N) is 1. The topological polar surface area (TPSA) is 87.4 Å². The minimum Gasteiger partial charge on any atom is -0.489 e. The van der Waals surface area contributed by atoms with Gasteiger partial charge in [-0.15, -0.1) is 0 Å². The fourth-order valence-corrected chi connectivity index (χ4v) is 6.53. The van der Waals surface area contributed by atoms with Crippen molar-refractivity contribution < 1.29 is 18.7 Å². The predicted octanol–water partition coefficient (Wildman–Crippen LogP) is 4.57. The van der Waals surface area contributed by atoms with Crippen molar-refractivity contribution in [3.8, 4) is 0 Å². The molecule has 3 atom stereocenters. The van der Waals surface area contributed by atoms with Crippen LogP contribution in [-0.4, -0.2) is 109 Å². The van der Waals surface area contributed by atoms with E-state index in [1.807, 2.05) is 38.7 Å². The highest BCUT2D eigenvalue weighted by atomic mass is 19.1. The number of anilines is 1. The molecule has 2 aliphatic heterocycles. The quantitative estimate of drug-likeness (QED) is 0.321. The number of nitrogens with zero attached hydrogens (tertiary/aromatic N) is 5. The molecule has 1 aromatic heterocycles. The zero-order valence-electron chi connectivity index (χ0n) is 28.7. The third-order valence-electron chi connectivity index (χ3n) is 9.19. The summed E-state index contributed by atoms with van der Waals surface area (Å²) in [5.41, 5.74) is 6.95.